The standard InChI is InChI=1S/C10H15N3O4S/c1-17-10(14)8-4-2-3-7-13(8)18(15,16)9-5-6-11-12-9/h5-6,8H,2-4,7H2,1H3,(H,11,12). The molecule has 0 amide bonds. The highest BCUT2D eigenvalue weighted by molar-refractivity contribution is 7.89. The lowest BCUT2D eigenvalue weighted by Gasteiger charge is -2.32. The van der Waals surface area contributed by atoms with Crippen LogP contribution in [0.1, 0.15) is 19.3 Å². The largest absolute Gasteiger partial charge is 0.468 e. The molecule has 18 heavy (non-hydrogen) atoms. The summed E-state index contributed by atoms with van der Waals surface area (Å²) in [7, 11) is -2.45. The van der Waals surface area contributed by atoms with Gasteiger partial charge in [0, 0.05) is 6.54 Å². The molecule has 0 aliphatic carbocycles. The van der Waals surface area contributed by atoms with Crippen molar-refractivity contribution >= 4 is 16.0 Å². The van der Waals surface area contributed by atoms with Gasteiger partial charge in [0.25, 0.3) is 10.0 Å². The maximum Gasteiger partial charge on any atom is 0.324 e. The molecular weight excluding hydrogens is 258 g/mol. The molecule has 100 valence electrons. The van der Waals surface area contributed by atoms with Crippen molar-refractivity contribution in [2.45, 2.75) is 30.3 Å². The molecule has 0 aromatic carbocycles. The van der Waals surface area contributed by atoms with Gasteiger partial charge in [0.15, 0.2) is 5.03 Å². The number of hydrogen-bond donors (Lipinski definition) is 1. The predicted octanol–water partition coefficient (Wildman–Crippen LogP) is 0.126. The summed E-state index contributed by atoms with van der Waals surface area (Å²) in [5, 5.41) is 6.05. The molecule has 7 nitrogen and oxygen atoms in total. The average molecular weight is 273 g/mol. The van der Waals surface area contributed by atoms with Crippen LogP contribution in [0, 0.1) is 0 Å². The van der Waals surface area contributed by atoms with E-state index in [1.54, 1.807) is 0 Å². The number of nitrogens with zero attached hydrogens (tertiary/aromatic N) is 2. The van der Waals surface area contributed by atoms with E-state index in [1.165, 1.54) is 23.7 Å². The molecule has 1 aliphatic rings. The Morgan fingerprint density at radius 1 is 1.56 bits per heavy atom. The maximum atomic E-state index is 12.3. The van der Waals surface area contributed by atoms with E-state index in [-0.39, 0.29) is 5.03 Å². The van der Waals surface area contributed by atoms with Gasteiger partial charge in [-0.15, -0.1) is 0 Å². The normalized spacial score (nSPS) is 21.7. The number of piperidine rings is 1. The molecule has 8 heteroatoms. The second kappa shape index (κ2) is 5.07. The number of rotatable bonds is 3. The molecule has 1 atom stereocenters. The van der Waals surface area contributed by atoms with Gasteiger partial charge in [-0.1, -0.05) is 0 Å². The van der Waals surface area contributed by atoms with Crippen molar-refractivity contribution in [1.82, 2.24) is 14.5 Å². The lowest BCUT2D eigenvalue weighted by atomic mass is 10.1. The lowest BCUT2D eigenvalue weighted by molar-refractivity contribution is -0.146. The van der Waals surface area contributed by atoms with Crippen molar-refractivity contribution < 1.29 is 17.9 Å². The Bertz CT molecular complexity index is 511. The number of H-pyrrole nitrogens is 1. The molecule has 1 saturated heterocycles. The smallest absolute Gasteiger partial charge is 0.324 e. The summed E-state index contributed by atoms with van der Waals surface area (Å²) in [6.45, 7) is 0.321. The van der Waals surface area contributed by atoms with Gasteiger partial charge in [-0.2, -0.15) is 9.40 Å². The van der Waals surface area contributed by atoms with Crippen LogP contribution in [-0.2, 0) is 19.6 Å². The number of nitrogens with one attached hydrogen (secondary N) is 1. The van der Waals surface area contributed by atoms with Crippen LogP contribution in [0.2, 0.25) is 0 Å². The summed E-state index contributed by atoms with van der Waals surface area (Å²) >= 11 is 0. The number of ether oxygens (including phenoxy) is 1. The van der Waals surface area contributed by atoms with Crippen LogP contribution < -0.4 is 0 Å². The molecule has 2 rings (SSSR count). The van der Waals surface area contributed by atoms with Crippen LogP contribution in [0.3, 0.4) is 0 Å². The predicted molar refractivity (Wildman–Crippen MR) is 62.1 cm³/mol. The van der Waals surface area contributed by atoms with Gasteiger partial charge < -0.3 is 4.74 Å². The Labute approximate surface area is 105 Å². The highest BCUT2D eigenvalue weighted by Gasteiger charge is 2.38. The fourth-order valence-corrected chi connectivity index (χ4v) is 3.63. The summed E-state index contributed by atoms with van der Waals surface area (Å²) < 4.78 is 30.5. The van der Waals surface area contributed by atoms with Crippen LogP contribution in [-0.4, -0.2) is 48.6 Å². The first-order valence-corrected chi connectivity index (χ1v) is 7.10. The average Bonchev–Trinajstić information content (AvgIpc) is 2.92. The first kappa shape index (κ1) is 13.0. The number of aromatic nitrogens is 2. The van der Waals surface area contributed by atoms with E-state index in [2.05, 4.69) is 14.9 Å². The number of esters is 1. The Morgan fingerprint density at radius 3 is 2.94 bits per heavy atom. The molecule has 1 fully saturated rings. The quantitative estimate of drug-likeness (QED) is 0.790. The second-order valence-corrected chi connectivity index (χ2v) is 5.93. The molecular formula is C10H15N3O4S. The van der Waals surface area contributed by atoms with Crippen molar-refractivity contribution in [3.63, 3.8) is 0 Å². The molecule has 1 N–H and O–H groups in total. The third-order valence-corrected chi connectivity index (χ3v) is 4.83. The molecule has 2 heterocycles. The highest BCUT2D eigenvalue weighted by atomic mass is 32.2. The van der Waals surface area contributed by atoms with Gasteiger partial charge in [-0.05, 0) is 25.3 Å². The monoisotopic (exact) mass is 273 g/mol. The summed E-state index contributed by atoms with van der Waals surface area (Å²) in [6, 6.07) is 0.634. The minimum atomic E-state index is -3.71. The van der Waals surface area contributed by atoms with Crippen LogP contribution in [0.5, 0.6) is 0 Å². The molecule has 0 bridgehead atoms. The first-order valence-electron chi connectivity index (χ1n) is 5.66. The Hall–Kier alpha value is -1.41. The Morgan fingerprint density at radius 2 is 2.33 bits per heavy atom. The van der Waals surface area contributed by atoms with Gasteiger partial charge in [-0.25, -0.2) is 8.42 Å². The van der Waals surface area contributed by atoms with Crippen LogP contribution in [0.15, 0.2) is 17.3 Å². The van der Waals surface area contributed by atoms with E-state index in [0.717, 1.165) is 12.8 Å². The molecule has 1 aliphatic heterocycles. The fraction of sp³-hybridized carbons (Fsp3) is 0.600. The van der Waals surface area contributed by atoms with Gasteiger partial charge >= 0.3 is 5.97 Å². The van der Waals surface area contributed by atoms with Crippen molar-refractivity contribution in [2.24, 2.45) is 0 Å². The number of aromatic amines is 1. The molecule has 0 radical (unpaired) electrons. The molecule has 0 spiro atoms. The van der Waals surface area contributed by atoms with Crippen molar-refractivity contribution in [3.8, 4) is 0 Å². The van der Waals surface area contributed by atoms with Crippen LogP contribution in [0.4, 0.5) is 0 Å². The zero-order valence-corrected chi connectivity index (χ0v) is 10.8. The van der Waals surface area contributed by atoms with E-state index in [9.17, 15) is 13.2 Å². The minimum absolute atomic E-state index is 0.00157. The number of sulfonamides is 1. The zero-order chi connectivity index (χ0) is 13.2. The third kappa shape index (κ3) is 2.25. The number of carbonyl (C=O) groups excluding carboxylic acids is 1. The lowest BCUT2D eigenvalue weighted by Crippen LogP contribution is -2.48. The van der Waals surface area contributed by atoms with E-state index in [0.29, 0.717) is 13.0 Å². The molecule has 1 aromatic rings. The number of carbonyl (C=O) groups is 1. The maximum absolute atomic E-state index is 12.3. The van der Waals surface area contributed by atoms with Crippen LogP contribution >= 0.6 is 0 Å². The van der Waals surface area contributed by atoms with Crippen molar-refractivity contribution in [3.05, 3.63) is 12.3 Å². The summed E-state index contributed by atoms with van der Waals surface area (Å²) in [4.78, 5) is 11.6. The molecule has 1 aromatic heterocycles. The van der Waals surface area contributed by atoms with Gasteiger partial charge in [0.2, 0.25) is 0 Å². The zero-order valence-electron chi connectivity index (χ0n) is 10.00. The summed E-state index contributed by atoms with van der Waals surface area (Å²) in [5.74, 6) is -0.516. The molecule has 1 unspecified atom stereocenters. The third-order valence-electron chi connectivity index (χ3n) is 2.99. The van der Waals surface area contributed by atoms with E-state index < -0.39 is 22.0 Å². The number of hydrogen-bond acceptors (Lipinski definition) is 5. The highest BCUT2D eigenvalue weighted by Crippen LogP contribution is 2.24. The summed E-state index contributed by atoms with van der Waals surface area (Å²) in [5.41, 5.74) is 0. The van der Waals surface area contributed by atoms with Gasteiger partial charge in [0.05, 0.1) is 13.3 Å². The van der Waals surface area contributed by atoms with Crippen LogP contribution in [0.25, 0.3) is 0 Å². The second-order valence-electron chi connectivity index (χ2n) is 4.07. The fourth-order valence-electron chi connectivity index (χ4n) is 2.08. The first-order chi connectivity index (χ1) is 8.57. The van der Waals surface area contributed by atoms with Crippen molar-refractivity contribution in [2.75, 3.05) is 13.7 Å². The Kier molecular flexibility index (Phi) is 3.67. The van der Waals surface area contributed by atoms with E-state index >= 15 is 0 Å². The SMILES string of the molecule is COC(=O)C1CCCCN1S(=O)(=O)c1ccn[nH]1. The van der Waals surface area contributed by atoms with E-state index in [4.69, 9.17) is 0 Å². The minimum Gasteiger partial charge on any atom is -0.468 e. The van der Waals surface area contributed by atoms with Crippen molar-refractivity contribution in [1.29, 1.82) is 0 Å². The topological polar surface area (TPSA) is 92.4 Å². The Balaban J connectivity index is 2.32. The van der Waals surface area contributed by atoms with Gasteiger partial charge in [-0.3, -0.25) is 9.89 Å². The number of methoxy groups -OCH3 is 1. The van der Waals surface area contributed by atoms with E-state index in [1.807, 2.05) is 0 Å². The molecule has 0 saturated carbocycles. The van der Waals surface area contributed by atoms with Gasteiger partial charge in [0.1, 0.15) is 6.04 Å². The summed E-state index contributed by atoms with van der Waals surface area (Å²) in [6.07, 6.45) is 3.40.